The van der Waals surface area contributed by atoms with Crippen molar-refractivity contribution in [3.63, 3.8) is 0 Å². The number of hydrogen-bond acceptors (Lipinski definition) is 8. The number of rotatable bonds is 4. The van der Waals surface area contributed by atoms with Crippen molar-refractivity contribution in [2.24, 2.45) is 0 Å². The van der Waals surface area contributed by atoms with Gasteiger partial charge in [-0.05, 0) is 127 Å². The second-order valence-electron chi connectivity index (χ2n) is 13.9. The first-order valence-electron chi connectivity index (χ1n) is 15.8. The average Bonchev–Trinajstić information content (AvgIpc) is 3.22. The topological polar surface area (TPSA) is 140 Å². The summed E-state index contributed by atoms with van der Waals surface area (Å²) in [5.41, 5.74) is -4.64. The number of aromatic hydroxyl groups is 1. The lowest BCUT2D eigenvalue weighted by atomic mass is 9.98. The molecule has 2 aromatic carbocycles. The summed E-state index contributed by atoms with van der Waals surface area (Å²) in [5, 5.41) is 14.9. The number of amides is 2. The number of phenols is 1. The molecule has 2 amide bonds. The number of alkyl halides is 3. The van der Waals surface area contributed by atoms with Gasteiger partial charge in [-0.3, -0.25) is 0 Å². The Balaban J connectivity index is 0.000000276. The third kappa shape index (κ3) is 11.6. The van der Waals surface area contributed by atoms with E-state index in [0.717, 1.165) is 48.9 Å². The zero-order chi connectivity index (χ0) is 36.9. The van der Waals surface area contributed by atoms with E-state index >= 15 is 0 Å². The Labute approximate surface area is 282 Å². The number of fused-ring (bicyclic) bond motifs is 2. The Morgan fingerprint density at radius 3 is 1.59 bits per heavy atom. The highest BCUT2D eigenvalue weighted by atomic mass is 32.2. The minimum Gasteiger partial charge on any atom is -0.505 e. The quantitative estimate of drug-likeness (QED) is 0.124. The van der Waals surface area contributed by atoms with Gasteiger partial charge in [-0.25, -0.2) is 18.4 Å². The van der Waals surface area contributed by atoms with E-state index in [9.17, 15) is 45.1 Å². The molecule has 2 aromatic rings. The van der Waals surface area contributed by atoms with Gasteiger partial charge in [0.1, 0.15) is 11.2 Å². The number of halogens is 5. The summed E-state index contributed by atoms with van der Waals surface area (Å²) >= 11 is 0. The van der Waals surface area contributed by atoms with E-state index in [-0.39, 0.29) is 11.8 Å². The van der Waals surface area contributed by atoms with Crippen LogP contribution in [0, 0.1) is 11.6 Å². The van der Waals surface area contributed by atoms with Gasteiger partial charge in [0.2, 0.25) is 0 Å². The van der Waals surface area contributed by atoms with Crippen LogP contribution in [0.4, 0.5) is 31.5 Å². The van der Waals surface area contributed by atoms with Crippen molar-refractivity contribution < 1.29 is 58.7 Å². The first-order chi connectivity index (χ1) is 22.5. The predicted molar refractivity (Wildman–Crippen MR) is 169 cm³/mol. The summed E-state index contributed by atoms with van der Waals surface area (Å²) in [6, 6.07) is 3.69. The van der Waals surface area contributed by atoms with Crippen LogP contribution in [0.15, 0.2) is 24.3 Å². The lowest BCUT2D eigenvalue weighted by molar-refractivity contribution is -0.0501. The number of phenolic OH excluding ortho intramolecular Hbond substituents is 1. The number of hydrogen-bond donors (Lipinski definition) is 3. The van der Waals surface area contributed by atoms with Crippen LogP contribution in [-0.2, 0) is 32.4 Å². The first kappa shape index (κ1) is 39.6. The van der Waals surface area contributed by atoms with Gasteiger partial charge in [-0.15, -0.1) is 0 Å². The number of nitrogens with one attached hydrogen (secondary N) is 2. The normalized spacial score (nSPS) is 18.3. The maximum absolute atomic E-state index is 14.3. The maximum Gasteiger partial charge on any atom is 0.534 e. The average molecular weight is 723 g/mol. The fraction of sp³-hybridized carbons (Fsp3) is 0.576. The van der Waals surface area contributed by atoms with Crippen molar-refractivity contribution in [2.75, 3.05) is 0 Å². The number of carbonyl (C=O) groups excluding carboxylic acids is 2. The Morgan fingerprint density at radius 1 is 0.735 bits per heavy atom. The van der Waals surface area contributed by atoms with Gasteiger partial charge in [0.15, 0.2) is 23.1 Å². The SMILES string of the molecule is CC(C)(C)OC(=O)N[C@@H]1CCCCc2cc(O)c(F)cc21.CC(C)(C)OC(=O)N[C@@H]1CCCCc2cc(OS(=O)(=O)C(F)(F)F)c(F)cc21. The third-order valence-corrected chi connectivity index (χ3v) is 8.36. The molecule has 0 heterocycles. The fourth-order valence-electron chi connectivity index (χ4n) is 5.38. The van der Waals surface area contributed by atoms with Crippen molar-refractivity contribution in [3.05, 3.63) is 58.2 Å². The van der Waals surface area contributed by atoms with Crippen molar-refractivity contribution in [3.8, 4) is 11.5 Å². The van der Waals surface area contributed by atoms with Gasteiger partial charge < -0.3 is 29.4 Å². The highest BCUT2D eigenvalue weighted by molar-refractivity contribution is 7.88. The molecule has 4 rings (SSSR count). The zero-order valence-corrected chi connectivity index (χ0v) is 29.0. The number of carbonyl (C=O) groups is 2. The lowest BCUT2D eigenvalue weighted by Gasteiger charge is -2.24. The molecule has 0 saturated carbocycles. The molecule has 0 bridgehead atoms. The van der Waals surface area contributed by atoms with Gasteiger partial charge >= 0.3 is 27.8 Å². The molecular weight excluding hydrogens is 679 g/mol. The molecule has 0 unspecified atom stereocenters. The van der Waals surface area contributed by atoms with Crippen LogP contribution in [0.2, 0.25) is 0 Å². The zero-order valence-electron chi connectivity index (χ0n) is 28.2. The molecule has 274 valence electrons. The highest BCUT2D eigenvalue weighted by Gasteiger charge is 2.49. The molecule has 10 nitrogen and oxygen atoms in total. The van der Waals surface area contributed by atoms with E-state index in [0.29, 0.717) is 36.8 Å². The fourth-order valence-corrected chi connectivity index (χ4v) is 5.84. The Morgan fingerprint density at radius 2 is 1.16 bits per heavy atom. The largest absolute Gasteiger partial charge is 0.534 e. The van der Waals surface area contributed by atoms with Gasteiger partial charge in [0.05, 0.1) is 12.1 Å². The predicted octanol–water partition coefficient (Wildman–Crippen LogP) is 8.17. The van der Waals surface area contributed by atoms with E-state index in [1.807, 2.05) is 0 Å². The summed E-state index contributed by atoms with van der Waals surface area (Å²) < 4.78 is 102. The standard InChI is InChI=1S/C17H21F4NO5S.C16H22FNO3/c1-16(2,3)26-15(23)22-13-7-5-4-6-10-8-14(12(18)9-11(10)13)27-28(24,25)17(19,20)21;1-16(2,3)21-15(20)18-13-7-5-4-6-10-8-14(19)12(17)9-11(10)13/h8-9,13H,4-7H2,1-3H3,(H,22,23);8-9,13,19H,4-7H2,1-3H3,(H,18,20)/t2*13-/m11/s1. The Bertz CT molecular complexity index is 1620. The molecule has 0 aromatic heterocycles. The summed E-state index contributed by atoms with van der Waals surface area (Å²) in [6.45, 7) is 10.4. The molecule has 0 spiro atoms. The van der Waals surface area contributed by atoms with Crippen LogP contribution >= 0.6 is 0 Å². The van der Waals surface area contributed by atoms with Crippen LogP contribution in [-0.4, -0.2) is 42.4 Å². The van der Waals surface area contributed by atoms with Crippen LogP contribution in [0.25, 0.3) is 0 Å². The summed E-state index contributed by atoms with van der Waals surface area (Å²) in [4.78, 5) is 24.0. The molecule has 49 heavy (non-hydrogen) atoms. The monoisotopic (exact) mass is 722 g/mol. The molecule has 2 atom stereocenters. The molecule has 2 aliphatic carbocycles. The Hall–Kier alpha value is -3.82. The van der Waals surface area contributed by atoms with Gasteiger partial charge in [0.25, 0.3) is 0 Å². The number of ether oxygens (including phenoxy) is 2. The molecule has 0 aliphatic heterocycles. The summed E-state index contributed by atoms with van der Waals surface area (Å²) in [7, 11) is -5.99. The van der Waals surface area contributed by atoms with Crippen LogP contribution in [0.1, 0.15) is 114 Å². The Kier molecular flexibility index (Phi) is 12.4. The summed E-state index contributed by atoms with van der Waals surface area (Å²) in [5.74, 6) is -3.31. The van der Waals surface area contributed by atoms with Crippen LogP contribution < -0.4 is 14.8 Å². The maximum atomic E-state index is 14.3. The molecule has 0 saturated heterocycles. The second kappa shape index (κ2) is 15.4. The second-order valence-corrected chi connectivity index (χ2v) is 15.4. The third-order valence-electron chi connectivity index (χ3n) is 7.40. The molecular formula is C33H43F5N2O8S. The first-order valence-corrected chi connectivity index (χ1v) is 17.2. The van der Waals surface area contributed by atoms with Crippen molar-refractivity contribution in [1.29, 1.82) is 0 Å². The molecule has 0 radical (unpaired) electrons. The minimum absolute atomic E-state index is 0.285. The van der Waals surface area contributed by atoms with E-state index in [4.69, 9.17) is 9.47 Å². The smallest absolute Gasteiger partial charge is 0.505 e. The number of alkyl carbamates (subject to hydrolysis) is 2. The van der Waals surface area contributed by atoms with Gasteiger partial charge in [-0.1, -0.05) is 12.8 Å². The molecule has 16 heteroatoms. The van der Waals surface area contributed by atoms with Crippen LogP contribution in [0.5, 0.6) is 11.5 Å². The van der Waals surface area contributed by atoms with Gasteiger partial charge in [-0.2, -0.15) is 21.6 Å². The number of aryl methyl sites for hydroxylation is 2. The summed E-state index contributed by atoms with van der Waals surface area (Å²) in [6.07, 6.45) is 4.27. The van der Waals surface area contributed by atoms with Crippen molar-refractivity contribution in [2.45, 2.75) is 122 Å². The van der Waals surface area contributed by atoms with E-state index < -0.39 is 62.4 Å². The molecule has 2 aliphatic rings. The lowest BCUT2D eigenvalue weighted by Crippen LogP contribution is -2.35. The van der Waals surface area contributed by atoms with Crippen molar-refractivity contribution in [1.82, 2.24) is 10.6 Å². The minimum atomic E-state index is -5.99. The van der Waals surface area contributed by atoms with E-state index in [1.165, 1.54) is 12.1 Å². The van der Waals surface area contributed by atoms with Gasteiger partial charge in [0, 0.05) is 0 Å². The van der Waals surface area contributed by atoms with Crippen molar-refractivity contribution >= 4 is 22.3 Å². The van der Waals surface area contributed by atoms with E-state index in [2.05, 4.69) is 14.8 Å². The van der Waals surface area contributed by atoms with Crippen LogP contribution in [0.3, 0.4) is 0 Å². The molecule has 0 fully saturated rings. The highest BCUT2D eigenvalue weighted by Crippen LogP contribution is 2.36. The van der Waals surface area contributed by atoms with E-state index in [1.54, 1.807) is 41.5 Å². The molecule has 3 N–H and O–H groups in total. The number of benzene rings is 2.